The summed E-state index contributed by atoms with van der Waals surface area (Å²) in [7, 11) is 0. The van der Waals surface area contributed by atoms with Gasteiger partial charge in [0.05, 0.1) is 18.9 Å². The molecule has 0 aliphatic carbocycles. The van der Waals surface area contributed by atoms with Crippen molar-refractivity contribution < 1.29 is 9.53 Å². The lowest BCUT2D eigenvalue weighted by atomic mass is 10.1. The fraction of sp³-hybridized carbons (Fsp3) is 0.429. The minimum atomic E-state index is -0.193. The Balaban J connectivity index is 2.35. The van der Waals surface area contributed by atoms with Gasteiger partial charge >= 0.3 is 0 Å². The lowest BCUT2D eigenvalue weighted by Gasteiger charge is -2.18. The first-order valence-corrected chi connectivity index (χ1v) is 6.33. The zero-order valence-electron chi connectivity index (χ0n) is 11.0. The quantitative estimate of drug-likeness (QED) is 0.604. The molecule has 0 saturated carbocycles. The van der Waals surface area contributed by atoms with Crippen LogP contribution in [0.4, 0.5) is 0 Å². The Bertz CT molecular complexity index is 517. The van der Waals surface area contributed by atoms with E-state index >= 15 is 0 Å². The fourth-order valence-corrected chi connectivity index (χ4v) is 2.24. The van der Waals surface area contributed by atoms with E-state index < -0.39 is 0 Å². The van der Waals surface area contributed by atoms with Crippen molar-refractivity contribution in [3.05, 3.63) is 46.4 Å². The Morgan fingerprint density at radius 2 is 2.16 bits per heavy atom. The van der Waals surface area contributed by atoms with E-state index in [1.807, 2.05) is 0 Å². The molecule has 5 heteroatoms. The summed E-state index contributed by atoms with van der Waals surface area (Å²) in [5.74, 6) is 1.03. The van der Waals surface area contributed by atoms with Crippen LogP contribution in [0.15, 0.2) is 34.9 Å². The van der Waals surface area contributed by atoms with Crippen LogP contribution in [-0.4, -0.2) is 30.4 Å². The molecule has 0 radical (unpaired) electrons. The highest BCUT2D eigenvalue weighted by molar-refractivity contribution is 5.97. The lowest BCUT2D eigenvalue weighted by molar-refractivity contribution is -0.125. The molecule has 0 bridgehead atoms. The van der Waals surface area contributed by atoms with Gasteiger partial charge in [-0.05, 0) is 37.5 Å². The minimum absolute atomic E-state index is 0.149. The molecule has 0 aromatic rings. The standard InChI is InChI=1S/C14H17N3O2/c1-10-7-11(8-12(9-15)19-10)13(16-2)14(18)17-5-3-4-6-17/h7-8H,3-6,9,15H2,1H3. The minimum Gasteiger partial charge on any atom is -0.465 e. The molecular weight excluding hydrogens is 242 g/mol. The Morgan fingerprint density at radius 1 is 1.47 bits per heavy atom. The van der Waals surface area contributed by atoms with Crippen LogP contribution in [0.2, 0.25) is 0 Å². The van der Waals surface area contributed by atoms with Gasteiger partial charge in [-0.1, -0.05) is 0 Å². The van der Waals surface area contributed by atoms with Crippen LogP contribution in [-0.2, 0) is 9.53 Å². The molecule has 0 aromatic carbocycles. The van der Waals surface area contributed by atoms with Gasteiger partial charge in [0.2, 0.25) is 0 Å². The molecule has 0 atom stereocenters. The van der Waals surface area contributed by atoms with E-state index in [1.165, 1.54) is 0 Å². The number of hydrogen-bond acceptors (Lipinski definition) is 3. The van der Waals surface area contributed by atoms with Gasteiger partial charge in [0.15, 0.2) is 0 Å². The molecule has 2 aliphatic heterocycles. The molecular formula is C14H17N3O2. The molecule has 2 heterocycles. The summed E-state index contributed by atoms with van der Waals surface area (Å²) in [5.41, 5.74) is 6.29. The van der Waals surface area contributed by atoms with Crippen LogP contribution in [0.5, 0.6) is 0 Å². The molecule has 2 N–H and O–H groups in total. The number of amides is 1. The smallest absolute Gasteiger partial charge is 0.257 e. The summed E-state index contributed by atoms with van der Waals surface area (Å²) in [6, 6.07) is 0. The van der Waals surface area contributed by atoms with E-state index in [-0.39, 0.29) is 18.1 Å². The first-order valence-electron chi connectivity index (χ1n) is 6.33. The number of nitrogens with two attached hydrogens (primary N) is 1. The van der Waals surface area contributed by atoms with Crippen molar-refractivity contribution in [1.29, 1.82) is 0 Å². The molecule has 0 aromatic heterocycles. The van der Waals surface area contributed by atoms with Crippen molar-refractivity contribution in [3.63, 3.8) is 0 Å². The number of carbonyl (C=O) groups excluding carboxylic acids is 1. The summed E-state index contributed by atoms with van der Waals surface area (Å²) >= 11 is 0. The van der Waals surface area contributed by atoms with Crippen molar-refractivity contribution in [1.82, 2.24) is 4.90 Å². The second-order valence-electron chi connectivity index (χ2n) is 4.59. The van der Waals surface area contributed by atoms with Crippen LogP contribution in [0.1, 0.15) is 19.8 Å². The van der Waals surface area contributed by atoms with Crippen molar-refractivity contribution in [2.75, 3.05) is 19.6 Å². The number of rotatable bonds is 2. The SMILES string of the molecule is [C-]#[N+]C(C(=O)N1CCCC1)=C1C=C(C)OC(CN)=C1. The summed E-state index contributed by atoms with van der Waals surface area (Å²) in [6.07, 6.45) is 5.40. The highest BCUT2D eigenvalue weighted by Gasteiger charge is 2.24. The molecule has 1 saturated heterocycles. The maximum atomic E-state index is 12.3. The number of hydrogen-bond donors (Lipinski definition) is 1. The predicted octanol–water partition coefficient (Wildman–Crippen LogP) is 1.56. The number of likely N-dealkylation sites (tertiary alicyclic amines) is 1. The molecule has 0 unspecified atom stereocenters. The number of nitrogens with zero attached hydrogens (tertiary/aromatic N) is 2. The van der Waals surface area contributed by atoms with Gasteiger partial charge in [0.25, 0.3) is 11.6 Å². The molecule has 2 rings (SSSR count). The zero-order chi connectivity index (χ0) is 13.8. The molecule has 19 heavy (non-hydrogen) atoms. The van der Waals surface area contributed by atoms with Gasteiger partial charge in [-0.15, -0.1) is 0 Å². The summed E-state index contributed by atoms with van der Waals surface area (Å²) in [5, 5.41) is 0. The second kappa shape index (κ2) is 5.72. The third-order valence-electron chi connectivity index (χ3n) is 3.15. The van der Waals surface area contributed by atoms with Crippen LogP contribution in [0, 0.1) is 6.57 Å². The van der Waals surface area contributed by atoms with Crippen LogP contribution >= 0.6 is 0 Å². The van der Waals surface area contributed by atoms with E-state index in [1.54, 1.807) is 24.0 Å². The molecule has 0 spiro atoms. The Labute approximate surface area is 112 Å². The van der Waals surface area contributed by atoms with Gasteiger partial charge in [-0.2, -0.15) is 0 Å². The summed E-state index contributed by atoms with van der Waals surface area (Å²) in [4.78, 5) is 17.4. The van der Waals surface area contributed by atoms with E-state index in [2.05, 4.69) is 4.85 Å². The van der Waals surface area contributed by atoms with E-state index in [0.29, 0.717) is 17.1 Å². The average Bonchev–Trinajstić information content (AvgIpc) is 2.92. The third-order valence-corrected chi connectivity index (χ3v) is 3.15. The normalized spacial score (nSPS) is 21.2. The van der Waals surface area contributed by atoms with Gasteiger partial charge in [0, 0.05) is 13.1 Å². The van der Waals surface area contributed by atoms with Crippen LogP contribution < -0.4 is 5.73 Å². The maximum absolute atomic E-state index is 12.3. The fourth-order valence-electron chi connectivity index (χ4n) is 2.24. The van der Waals surface area contributed by atoms with Gasteiger partial charge in [-0.25, -0.2) is 4.85 Å². The molecule has 100 valence electrons. The monoisotopic (exact) mass is 259 g/mol. The first-order chi connectivity index (χ1) is 9.15. The maximum Gasteiger partial charge on any atom is 0.257 e. The summed E-state index contributed by atoms with van der Waals surface area (Å²) in [6.45, 7) is 10.8. The first kappa shape index (κ1) is 13.4. The largest absolute Gasteiger partial charge is 0.465 e. The van der Waals surface area contributed by atoms with Crippen molar-refractivity contribution in [2.24, 2.45) is 5.73 Å². The van der Waals surface area contributed by atoms with Crippen molar-refractivity contribution in [3.8, 4) is 0 Å². The Morgan fingerprint density at radius 3 is 2.74 bits per heavy atom. The highest BCUT2D eigenvalue weighted by atomic mass is 16.5. The average molecular weight is 259 g/mol. The van der Waals surface area contributed by atoms with E-state index in [4.69, 9.17) is 17.0 Å². The van der Waals surface area contributed by atoms with Crippen molar-refractivity contribution in [2.45, 2.75) is 19.8 Å². The number of allylic oxidation sites excluding steroid dienone is 4. The predicted molar refractivity (Wildman–Crippen MR) is 71.4 cm³/mol. The number of carbonyl (C=O) groups is 1. The van der Waals surface area contributed by atoms with Gasteiger partial charge < -0.3 is 15.4 Å². The zero-order valence-corrected chi connectivity index (χ0v) is 11.0. The Hall–Kier alpha value is -2.06. The van der Waals surface area contributed by atoms with E-state index in [0.717, 1.165) is 25.9 Å². The third kappa shape index (κ3) is 2.85. The molecule has 1 amide bonds. The van der Waals surface area contributed by atoms with Gasteiger partial charge in [0.1, 0.15) is 5.76 Å². The summed E-state index contributed by atoms with van der Waals surface area (Å²) < 4.78 is 5.40. The van der Waals surface area contributed by atoms with Gasteiger partial charge in [-0.3, -0.25) is 4.79 Å². The van der Waals surface area contributed by atoms with Crippen LogP contribution in [0.3, 0.4) is 0 Å². The topological polar surface area (TPSA) is 59.9 Å². The molecule has 5 nitrogen and oxygen atoms in total. The van der Waals surface area contributed by atoms with E-state index in [9.17, 15) is 4.79 Å². The molecule has 2 aliphatic rings. The highest BCUT2D eigenvalue weighted by Crippen LogP contribution is 2.23. The van der Waals surface area contributed by atoms with Crippen LogP contribution in [0.25, 0.3) is 4.85 Å². The number of ether oxygens (including phenoxy) is 1. The second-order valence-corrected chi connectivity index (χ2v) is 4.59. The Kier molecular flexibility index (Phi) is 4.03. The van der Waals surface area contributed by atoms with Crippen molar-refractivity contribution >= 4 is 5.91 Å². The lowest BCUT2D eigenvalue weighted by Crippen LogP contribution is -2.29. The molecule has 1 fully saturated rings.